The number of rotatable bonds is 3. The van der Waals surface area contributed by atoms with E-state index in [0.29, 0.717) is 11.5 Å². The first kappa shape index (κ1) is 16.7. The van der Waals surface area contributed by atoms with Crippen LogP contribution in [0.25, 0.3) is 0 Å². The highest BCUT2D eigenvalue weighted by atomic mass is 16.6. The molecule has 0 spiro atoms. The van der Waals surface area contributed by atoms with Crippen molar-refractivity contribution in [2.24, 2.45) is 5.41 Å². The van der Waals surface area contributed by atoms with Crippen LogP contribution in [0.15, 0.2) is 24.3 Å². The topological polar surface area (TPSA) is 50.4 Å². The predicted octanol–water partition coefficient (Wildman–Crippen LogP) is 5.02. The van der Waals surface area contributed by atoms with E-state index >= 15 is 0 Å². The molecule has 1 fully saturated rings. The summed E-state index contributed by atoms with van der Waals surface area (Å²) in [6.45, 7) is 10.2. The van der Waals surface area contributed by atoms with Gasteiger partial charge in [-0.3, -0.25) is 5.32 Å². The van der Waals surface area contributed by atoms with Crippen molar-refractivity contribution >= 4 is 17.5 Å². The van der Waals surface area contributed by atoms with Gasteiger partial charge in [0.1, 0.15) is 5.60 Å². The molecule has 0 aliphatic heterocycles. The molecule has 1 amide bonds. The molecule has 1 atom stereocenters. The number of carbonyl (C=O) groups is 1. The van der Waals surface area contributed by atoms with Crippen LogP contribution in [0, 0.1) is 5.41 Å². The summed E-state index contributed by atoms with van der Waals surface area (Å²) in [5.74, 6) is 0. The molecule has 1 aliphatic carbocycles. The standard InChI is InChI=1S/C18H28N2O2/c1-17(2,3)22-16(21)20-14-8-6-13(7-9-14)19-15-10-11-18(4,5)12-15/h6-9,15,19H,10-12H2,1-5H3,(H,20,21). The summed E-state index contributed by atoms with van der Waals surface area (Å²) in [5.41, 5.74) is 1.79. The second-order valence-corrected chi connectivity index (χ2v) is 7.95. The van der Waals surface area contributed by atoms with E-state index in [1.54, 1.807) is 0 Å². The van der Waals surface area contributed by atoms with Gasteiger partial charge in [0.15, 0.2) is 0 Å². The molecular formula is C18H28N2O2. The van der Waals surface area contributed by atoms with Crippen molar-refractivity contribution in [1.29, 1.82) is 0 Å². The van der Waals surface area contributed by atoms with Crippen LogP contribution in [0.1, 0.15) is 53.9 Å². The quantitative estimate of drug-likeness (QED) is 0.824. The molecule has 1 aliphatic rings. The van der Waals surface area contributed by atoms with Gasteiger partial charge in [0.05, 0.1) is 0 Å². The van der Waals surface area contributed by atoms with Gasteiger partial charge >= 0.3 is 6.09 Å². The van der Waals surface area contributed by atoms with Gasteiger partial charge in [-0.15, -0.1) is 0 Å². The molecule has 0 radical (unpaired) electrons. The van der Waals surface area contributed by atoms with E-state index in [4.69, 9.17) is 4.74 Å². The van der Waals surface area contributed by atoms with E-state index in [9.17, 15) is 4.79 Å². The number of ether oxygens (including phenoxy) is 1. The molecule has 0 bridgehead atoms. The maximum atomic E-state index is 11.7. The summed E-state index contributed by atoms with van der Waals surface area (Å²) in [4.78, 5) is 11.7. The van der Waals surface area contributed by atoms with Crippen molar-refractivity contribution in [3.63, 3.8) is 0 Å². The number of anilines is 2. The highest BCUT2D eigenvalue weighted by molar-refractivity contribution is 5.85. The summed E-state index contributed by atoms with van der Waals surface area (Å²) in [7, 11) is 0. The fourth-order valence-electron chi connectivity index (χ4n) is 2.87. The summed E-state index contributed by atoms with van der Waals surface area (Å²) in [6.07, 6.45) is 3.25. The molecule has 1 aromatic carbocycles. The molecule has 2 N–H and O–H groups in total. The number of hydrogen-bond acceptors (Lipinski definition) is 3. The Morgan fingerprint density at radius 3 is 2.27 bits per heavy atom. The van der Waals surface area contributed by atoms with E-state index in [-0.39, 0.29) is 0 Å². The Morgan fingerprint density at radius 2 is 1.77 bits per heavy atom. The van der Waals surface area contributed by atoms with Gasteiger partial charge in [-0.2, -0.15) is 0 Å². The number of carbonyl (C=O) groups excluding carboxylic acids is 1. The molecular weight excluding hydrogens is 276 g/mol. The van der Waals surface area contributed by atoms with Crippen molar-refractivity contribution in [1.82, 2.24) is 0 Å². The monoisotopic (exact) mass is 304 g/mol. The van der Waals surface area contributed by atoms with Crippen LogP contribution in [-0.2, 0) is 4.74 Å². The summed E-state index contributed by atoms with van der Waals surface area (Å²) >= 11 is 0. The van der Waals surface area contributed by atoms with E-state index in [1.807, 2.05) is 45.0 Å². The molecule has 22 heavy (non-hydrogen) atoms. The number of amides is 1. The normalized spacial score (nSPS) is 20.5. The zero-order valence-corrected chi connectivity index (χ0v) is 14.3. The van der Waals surface area contributed by atoms with Crippen molar-refractivity contribution in [3.8, 4) is 0 Å². The third-order valence-electron chi connectivity index (χ3n) is 3.87. The Labute approximate surface area is 133 Å². The fraction of sp³-hybridized carbons (Fsp3) is 0.611. The van der Waals surface area contributed by atoms with Gasteiger partial charge in [-0.05, 0) is 69.7 Å². The Hall–Kier alpha value is -1.71. The second kappa shape index (κ2) is 6.19. The van der Waals surface area contributed by atoms with Crippen LogP contribution in [0.4, 0.5) is 16.2 Å². The van der Waals surface area contributed by atoms with Gasteiger partial charge in [-0.1, -0.05) is 13.8 Å². The predicted molar refractivity (Wildman–Crippen MR) is 91.3 cm³/mol. The van der Waals surface area contributed by atoms with E-state index < -0.39 is 11.7 Å². The molecule has 122 valence electrons. The van der Waals surface area contributed by atoms with E-state index in [1.165, 1.54) is 19.3 Å². The SMILES string of the molecule is CC1(C)CCC(Nc2ccc(NC(=O)OC(C)(C)C)cc2)C1. The van der Waals surface area contributed by atoms with Crippen LogP contribution in [0.3, 0.4) is 0 Å². The summed E-state index contributed by atoms with van der Waals surface area (Å²) < 4.78 is 5.24. The average Bonchev–Trinajstić information content (AvgIpc) is 2.69. The molecule has 0 heterocycles. The van der Waals surface area contributed by atoms with Crippen LogP contribution < -0.4 is 10.6 Å². The fourth-order valence-corrected chi connectivity index (χ4v) is 2.87. The van der Waals surface area contributed by atoms with Gasteiger partial charge in [-0.25, -0.2) is 4.79 Å². The largest absolute Gasteiger partial charge is 0.444 e. The lowest BCUT2D eigenvalue weighted by atomic mass is 9.92. The molecule has 1 unspecified atom stereocenters. The molecule has 2 rings (SSSR count). The lowest BCUT2D eigenvalue weighted by molar-refractivity contribution is 0.0636. The minimum absolute atomic E-state index is 0.425. The smallest absolute Gasteiger partial charge is 0.412 e. The summed E-state index contributed by atoms with van der Waals surface area (Å²) in [6, 6.07) is 8.33. The zero-order chi connectivity index (χ0) is 16.4. The first-order valence-electron chi connectivity index (χ1n) is 8.00. The number of benzene rings is 1. The number of hydrogen-bond donors (Lipinski definition) is 2. The Kier molecular flexibility index (Phi) is 4.69. The second-order valence-electron chi connectivity index (χ2n) is 7.95. The van der Waals surface area contributed by atoms with Crippen LogP contribution >= 0.6 is 0 Å². The van der Waals surface area contributed by atoms with Crippen LogP contribution in [-0.4, -0.2) is 17.7 Å². The first-order chi connectivity index (χ1) is 10.1. The van der Waals surface area contributed by atoms with Crippen molar-refractivity contribution < 1.29 is 9.53 Å². The molecule has 1 aromatic rings. The van der Waals surface area contributed by atoms with Crippen LogP contribution in [0.2, 0.25) is 0 Å². The first-order valence-corrected chi connectivity index (χ1v) is 8.00. The average molecular weight is 304 g/mol. The molecule has 4 nitrogen and oxygen atoms in total. The maximum Gasteiger partial charge on any atom is 0.412 e. The van der Waals surface area contributed by atoms with Crippen molar-refractivity contribution in [2.45, 2.75) is 65.5 Å². The minimum Gasteiger partial charge on any atom is -0.444 e. The molecule has 0 saturated heterocycles. The van der Waals surface area contributed by atoms with Gasteiger partial charge in [0.25, 0.3) is 0 Å². The van der Waals surface area contributed by atoms with Gasteiger partial charge in [0.2, 0.25) is 0 Å². The highest BCUT2D eigenvalue weighted by Crippen LogP contribution is 2.38. The van der Waals surface area contributed by atoms with Crippen molar-refractivity contribution in [2.75, 3.05) is 10.6 Å². The van der Waals surface area contributed by atoms with E-state index in [2.05, 4.69) is 24.5 Å². The zero-order valence-electron chi connectivity index (χ0n) is 14.3. The van der Waals surface area contributed by atoms with Crippen molar-refractivity contribution in [3.05, 3.63) is 24.3 Å². The third kappa shape index (κ3) is 5.24. The molecule has 1 saturated carbocycles. The highest BCUT2D eigenvalue weighted by Gasteiger charge is 2.30. The lowest BCUT2D eigenvalue weighted by Crippen LogP contribution is -2.27. The lowest BCUT2D eigenvalue weighted by Gasteiger charge is -2.20. The summed E-state index contributed by atoms with van der Waals surface area (Å²) in [5, 5.41) is 6.31. The Balaban J connectivity index is 1.87. The van der Waals surface area contributed by atoms with Crippen LogP contribution in [0.5, 0.6) is 0 Å². The van der Waals surface area contributed by atoms with Gasteiger partial charge in [0, 0.05) is 17.4 Å². The van der Waals surface area contributed by atoms with Gasteiger partial charge < -0.3 is 10.1 Å². The Bertz CT molecular complexity index is 515. The molecule has 4 heteroatoms. The van der Waals surface area contributed by atoms with E-state index in [0.717, 1.165) is 11.4 Å². The molecule has 0 aromatic heterocycles. The third-order valence-corrected chi connectivity index (χ3v) is 3.87. The minimum atomic E-state index is -0.485. The maximum absolute atomic E-state index is 11.7. The number of nitrogens with one attached hydrogen (secondary N) is 2. The Morgan fingerprint density at radius 1 is 1.18 bits per heavy atom.